The zero-order chi connectivity index (χ0) is 24.8. The standard InChI is InChI=1S/C27H24N2O6/c1-3-32-23-7-5-4-6-20(23)26-21-13-12-19(14-24(21)35-27(29)22(26)15-28)34-25(30)16-33-18-10-8-17(31-2)9-11-18/h4-14,26H,3,16,29H2,1-2H3. The van der Waals surface area contributed by atoms with Crippen molar-refractivity contribution >= 4 is 5.97 Å². The van der Waals surface area contributed by atoms with Crippen LogP contribution in [0, 0.1) is 11.3 Å². The van der Waals surface area contributed by atoms with Gasteiger partial charge in [-0.2, -0.15) is 5.26 Å². The highest BCUT2D eigenvalue weighted by Gasteiger charge is 2.32. The Morgan fingerprint density at radius 1 is 1.00 bits per heavy atom. The van der Waals surface area contributed by atoms with Crippen LogP contribution in [-0.2, 0) is 4.79 Å². The summed E-state index contributed by atoms with van der Waals surface area (Å²) in [6, 6.07) is 21.4. The van der Waals surface area contributed by atoms with Crippen molar-refractivity contribution in [2.75, 3.05) is 20.3 Å². The molecule has 0 saturated heterocycles. The average molecular weight is 472 g/mol. The van der Waals surface area contributed by atoms with Gasteiger partial charge in [-0.05, 0) is 43.3 Å². The molecule has 3 aromatic carbocycles. The highest BCUT2D eigenvalue weighted by atomic mass is 16.6. The zero-order valence-corrected chi connectivity index (χ0v) is 19.3. The van der Waals surface area contributed by atoms with Gasteiger partial charge < -0.3 is 29.4 Å². The van der Waals surface area contributed by atoms with Crippen molar-refractivity contribution in [1.82, 2.24) is 0 Å². The number of esters is 1. The van der Waals surface area contributed by atoms with E-state index in [4.69, 9.17) is 29.4 Å². The second-order valence-electron chi connectivity index (χ2n) is 7.53. The van der Waals surface area contributed by atoms with Gasteiger partial charge in [-0.25, -0.2) is 4.79 Å². The fourth-order valence-corrected chi connectivity index (χ4v) is 3.80. The third kappa shape index (κ3) is 5.14. The normalized spacial score (nSPS) is 14.3. The summed E-state index contributed by atoms with van der Waals surface area (Å²) in [6.07, 6.45) is 0. The number of nitrogens with two attached hydrogens (primary N) is 1. The molecule has 2 N–H and O–H groups in total. The Hall–Kier alpha value is -4.64. The Labute approximate surface area is 203 Å². The minimum atomic E-state index is -0.587. The molecule has 0 radical (unpaired) electrons. The highest BCUT2D eigenvalue weighted by molar-refractivity contribution is 5.74. The summed E-state index contributed by atoms with van der Waals surface area (Å²) in [5, 5.41) is 9.80. The molecule has 35 heavy (non-hydrogen) atoms. The molecular formula is C27H24N2O6. The van der Waals surface area contributed by atoms with Gasteiger partial charge in [0.05, 0.1) is 19.6 Å². The number of nitriles is 1. The number of methoxy groups -OCH3 is 1. The molecule has 1 aliphatic heterocycles. The fourth-order valence-electron chi connectivity index (χ4n) is 3.80. The Kier molecular flexibility index (Phi) is 7.07. The number of allylic oxidation sites excluding steroid dienone is 1. The number of fused-ring (bicyclic) bond motifs is 1. The molecule has 0 spiro atoms. The van der Waals surface area contributed by atoms with E-state index in [1.807, 2.05) is 31.2 Å². The van der Waals surface area contributed by atoms with Gasteiger partial charge in [0.2, 0.25) is 5.88 Å². The Morgan fingerprint density at radius 3 is 2.43 bits per heavy atom. The second-order valence-corrected chi connectivity index (χ2v) is 7.53. The van der Waals surface area contributed by atoms with E-state index in [0.29, 0.717) is 35.2 Å². The predicted molar refractivity (Wildman–Crippen MR) is 127 cm³/mol. The number of rotatable bonds is 8. The molecule has 0 bridgehead atoms. The molecule has 8 heteroatoms. The van der Waals surface area contributed by atoms with Gasteiger partial charge in [0.1, 0.15) is 40.4 Å². The predicted octanol–water partition coefficient (Wildman–Crippen LogP) is 4.30. The van der Waals surface area contributed by atoms with Crippen LogP contribution in [0.25, 0.3) is 0 Å². The number of ether oxygens (including phenoxy) is 5. The number of hydrogen-bond donors (Lipinski definition) is 1. The molecule has 1 unspecified atom stereocenters. The van der Waals surface area contributed by atoms with Crippen molar-refractivity contribution in [2.24, 2.45) is 5.73 Å². The summed E-state index contributed by atoms with van der Waals surface area (Å²) >= 11 is 0. The largest absolute Gasteiger partial charge is 0.497 e. The van der Waals surface area contributed by atoms with E-state index in [2.05, 4.69) is 6.07 Å². The first-order valence-corrected chi connectivity index (χ1v) is 10.9. The summed E-state index contributed by atoms with van der Waals surface area (Å²) in [7, 11) is 1.57. The minimum absolute atomic E-state index is 0.0115. The number of para-hydroxylation sites is 1. The monoisotopic (exact) mass is 472 g/mol. The van der Waals surface area contributed by atoms with Gasteiger partial charge in [-0.3, -0.25) is 0 Å². The van der Waals surface area contributed by atoms with Gasteiger partial charge in [0, 0.05) is 17.2 Å². The summed E-state index contributed by atoms with van der Waals surface area (Å²) in [4.78, 5) is 12.3. The van der Waals surface area contributed by atoms with Crippen LogP contribution in [0.3, 0.4) is 0 Å². The van der Waals surface area contributed by atoms with Gasteiger partial charge in [-0.15, -0.1) is 0 Å². The maximum Gasteiger partial charge on any atom is 0.349 e. The van der Waals surface area contributed by atoms with Crippen LogP contribution in [0.4, 0.5) is 0 Å². The van der Waals surface area contributed by atoms with Crippen LogP contribution in [0.1, 0.15) is 24.0 Å². The molecule has 8 nitrogen and oxygen atoms in total. The second kappa shape index (κ2) is 10.5. The topological polar surface area (TPSA) is 113 Å². The van der Waals surface area contributed by atoms with E-state index in [-0.39, 0.29) is 23.8 Å². The molecule has 0 saturated carbocycles. The number of carbonyl (C=O) groups excluding carboxylic acids is 1. The summed E-state index contributed by atoms with van der Waals surface area (Å²) < 4.78 is 27.5. The van der Waals surface area contributed by atoms with Crippen molar-refractivity contribution in [3.63, 3.8) is 0 Å². The van der Waals surface area contributed by atoms with Gasteiger partial charge in [0.25, 0.3) is 0 Å². The van der Waals surface area contributed by atoms with Gasteiger partial charge in [0.15, 0.2) is 6.61 Å². The molecular weight excluding hydrogens is 448 g/mol. The van der Waals surface area contributed by atoms with Crippen molar-refractivity contribution in [3.8, 4) is 34.8 Å². The quantitative estimate of drug-likeness (QED) is 0.381. The van der Waals surface area contributed by atoms with Crippen LogP contribution >= 0.6 is 0 Å². The SMILES string of the molecule is CCOc1ccccc1C1C(C#N)=C(N)Oc2cc(OC(=O)COc3ccc(OC)cc3)ccc21. The maximum atomic E-state index is 12.3. The average Bonchev–Trinajstić information content (AvgIpc) is 2.87. The number of carbonyl (C=O) groups is 1. The first kappa shape index (κ1) is 23.5. The van der Waals surface area contributed by atoms with Crippen molar-refractivity contribution < 1.29 is 28.5 Å². The van der Waals surface area contributed by atoms with Crippen LogP contribution in [0.5, 0.6) is 28.7 Å². The molecule has 1 atom stereocenters. The van der Waals surface area contributed by atoms with Crippen molar-refractivity contribution in [3.05, 3.63) is 89.3 Å². The van der Waals surface area contributed by atoms with Crippen molar-refractivity contribution in [1.29, 1.82) is 5.26 Å². The molecule has 0 amide bonds. The fraction of sp³-hybridized carbons (Fsp3) is 0.185. The Morgan fingerprint density at radius 2 is 1.71 bits per heavy atom. The first-order valence-electron chi connectivity index (χ1n) is 10.9. The lowest BCUT2D eigenvalue weighted by Gasteiger charge is -2.27. The van der Waals surface area contributed by atoms with E-state index in [1.54, 1.807) is 49.6 Å². The summed E-state index contributed by atoms with van der Waals surface area (Å²) in [5.74, 6) is 1.41. The van der Waals surface area contributed by atoms with Crippen LogP contribution in [0.15, 0.2) is 78.2 Å². The Balaban J connectivity index is 1.55. The minimum Gasteiger partial charge on any atom is -0.497 e. The molecule has 0 aromatic heterocycles. The van der Waals surface area contributed by atoms with Crippen LogP contribution in [-0.4, -0.2) is 26.3 Å². The van der Waals surface area contributed by atoms with E-state index in [1.165, 1.54) is 0 Å². The lowest BCUT2D eigenvalue weighted by atomic mass is 9.83. The number of benzene rings is 3. The summed E-state index contributed by atoms with van der Waals surface area (Å²) in [5.41, 5.74) is 7.87. The van der Waals surface area contributed by atoms with E-state index >= 15 is 0 Å². The molecule has 4 rings (SSSR count). The number of nitrogens with zero attached hydrogens (tertiary/aromatic N) is 1. The van der Waals surface area contributed by atoms with E-state index in [0.717, 1.165) is 5.56 Å². The van der Waals surface area contributed by atoms with E-state index in [9.17, 15) is 10.1 Å². The lowest BCUT2D eigenvalue weighted by molar-refractivity contribution is -0.136. The lowest BCUT2D eigenvalue weighted by Crippen LogP contribution is -2.22. The van der Waals surface area contributed by atoms with Crippen LogP contribution in [0.2, 0.25) is 0 Å². The third-order valence-corrected chi connectivity index (χ3v) is 5.37. The van der Waals surface area contributed by atoms with E-state index < -0.39 is 11.9 Å². The smallest absolute Gasteiger partial charge is 0.349 e. The molecule has 0 fully saturated rings. The maximum absolute atomic E-state index is 12.3. The van der Waals surface area contributed by atoms with Gasteiger partial charge >= 0.3 is 5.97 Å². The summed E-state index contributed by atoms with van der Waals surface area (Å²) in [6.45, 7) is 2.08. The molecule has 1 aliphatic rings. The molecule has 3 aromatic rings. The molecule has 1 heterocycles. The third-order valence-electron chi connectivity index (χ3n) is 5.37. The Bertz CT molecular complexity index is 1290. The van der Waals surface area contributed by atoms with Crippen molar-refractivity contribution in [2.45, 2.75) is 12.8 Å². The highest BCUT2D eigenvalue weighted by Crippen LogP contribution is 2.45. The molecule has 178 valence electrons. The van der Waals surface area contributed by atoms with Gasteiger partial charge in [-0.1, -0.05) is 24.3 Å². The first-order chi connectivity index (χ1) is 17.0. The van der Waals surface area contributed by atoms with Crippen LogP contribution < -0.4 is 29.4 Å². The number of hydrogen-bond acceptors (Lipinski definition) is 8. The zero-order valence-electron chi connectivity index (χ0n) is 19.3. The molecule has 0 aliphatic carbocycles.